The summed E-state index contributed by atoms with van der Waals surface area (Å²) >= 11 is 0. The van der Waals surface area contributed by atoms with E-state index in [-0.39, 0.29) is 24.7 Å². The molecule has 0 saturated carbocycles. The number of amides is 1. The molecule has 1 aromatic heterocycles. The first-order valence-corrected chi connectivity index (χ1v) is 8.86. The monoisotopic (exact) mass is 376 g/mol. The van der Waals surface area contributed by atoms with Gasteiger partial charge in [-0.05, 0) is 29.8 Å². The Balaban J connectivity index is 1.64. The van der Waals surface area contributed by atoms with Gasteiger partial charge in [-0.2, -0.15) is 0 Å². The number of benzene rings is 2. The zero-order chi connectivity index (χ0) is 19.8. The molecule has 0 spiro atoms. The highest BCUT2D eigenvalue weighted by atomic mass is 16.5. The van der Waals surface area contributed by atoms with Gasteiger partial charge in [-0.3, -0.25) is 14.4 Å². The SMILES string of the molecule is O=C(C[C@H](NC(=O)c1ccccc1)c1ccccc1)OCC(=O)c1ccc[nH]1. The number of ether oxygens (including phenoxy) is 1. The third kappa shape index (κ3) is 5.17. The van der Waals surface area contributed by atoms with Gasteiger partial charge in [0.2, 0.25) is 5.78 Å². The van der Waals surface area contributed by atoms with Crippen molar-refractivity contribution < 1.29 is 19.1 Å². The molecule has 0 aliphatic rings. The summed E-state index contributed by atoms with van der Waals surface area (Å²) in [4.78, 5) is 39.5. The second-order valence-corrected chi connectivity index (χ2v) is 6.17. The lowest BCUT2D eigenvalue weighted by atomic mass is 10.0. The van der Waals surface area contributed by atoms with Gasteiger partial charge in [-0.25, -0.2) is 0 Å². The van der Waals surface area contributed by atoms with Gasteiger partial charge in [-0.15, -0.1) is 0 Å². The maximum atomic E-state index is 12.5. The lowest BCUT2D eigenvalue weighted by molar-refractivity contribution is -0.143. The van der Waals surface area contributed by atoms with Crippen LogP contribution in [0.5, 0.6) is 0 Å². The van der Waals surface area contributed by atoms with Crippen molar-refractivity contribution in [2.24, 2.45) is 0 Å². The molecule has 2 aromatic carbocycles. The summed E-state index contributed by atoms with van der Waals surface area (Å²) < 4.78 is 5.11. The minimum absolute atomic E-state index is 0.0827. The Labute approximate surface area is 162 Å². The van der Waals surface area contributed by atoms with E-state index in [9.17, 15) is 14.4 Å². The van der Waals surface area contributed by atoms with E-state index in [1.807, 2.05) is 36.4 Å². The summed E-state index contributed by atoms with van der Waals surface area (Å²) in [6, 6.07) is 20.7. The molecule has 0 bridgehead atoms. The van der Waals surface area contributed by atoms with E-state index < -0.39 is 12.0 Å². The van der Waals surface area contributed by atoms with E-state index in [4.69, 9.17) is 4.74 Å². The third-order valence-corrected chi connectivity index (χ3v) is 4.18. The largest absolute Gasteiger partial charge is 0.457 e. The van der Waals surface area contributed by atoms with Crippen LogP contribution in [-0.2, 0) is 9.53 Å². The molecule has 6 nitrogen and oxygen atoms in total. The number of H-pyrrole nitrogens is 1. The van der Waals surface area contributed by atoms with Crippen LogP contribution < -0.4 is 5.32 Å². The maximum Gasteiger partial charge on any atom is 0.308 e. The third-order valence-electron chi connectivity index (χ3n) is 4.18. The number of carbonyl (C=O) groups excluding carboxylic acids is 3. The average molecular weight is 376 g/mol. The fourth-order valence-electron chi connectivity index (χ4n) is 2.72. The number of hydrogen-bond acceptors (Lipinski definition) is 4. The highest BCUT2D eigenvalue weighted by Gasteiger charge is 2.21. The first kappa shape index (κ1) is 19.1. The molecule has 0 aliphatic heterocycles. The molecule has 3 aromatic rings. The molecule has 1 heterocycles. The number of nitrogens with one attached hydrogen (secondary N) is 2. The van der Waals surface area contributed by atoms with Gasteiger partial charge < -0.3 is 15.0 Å². The van der Waals surface area contributed by atoms with Gasteiger partial charge in [0.05, 0.1) is 18.2 Å². The van der Waals surface area contributed by atoms with E-state index in [0.717, 1.165) is 5.56 Å². The lowest BCUT2D eigenvalue weighted by Crippen LogP contribution is -2.31. The molecule has 0 aliphatic carbocycles. The standard InChI is InChI=1S/C22H20N2O4/c25-20(18-12-7-13-23-18)15-28-21(26)14-19(16-8-3-1-4-9-16)24-22(27)17-10-5-2-6-11-17/h1-13,19,23H,14-15H2,(H,24,27)/t19-/m0/s1. The van der Waals surface area contributed by atoms with E-state index in [2.05, 4.69) is 10.3 Å². The van der Waals surface area contributed by atoms with Gasteiger partial charge in [0.15, 0.2) is 6.61 Å². The van der Waals surface area contributed by atoms with Gasteiger partial charge in [0.25, 0.3) is 5.91 Å². The molecule has 3 rings (SSSR count). The van der Waals surface area contributed by atoms with Crippen LogP contribution in [0.25, 0.3) is 0 Å². The molecular formula is C22H20N2O4. The number of ketones is 1. The van der Waals surface area contributed by atoms with Gasteiger partial charge in [-0.1, -0.05) is 48.5 Å². The molecule has 1 amide bonds. The molecule has 0 fully saturated rings. The van der Waals surface area contributed by atoms with Crippen molar-refractivity contribution in [3.63, 3.8) is 0 Å². The van der Waals surface area contributed by atoms with Crippen molar-refractivity contribution in [2.45, 2.75) is 12.5 Å². The van der Waals surface area contributed by atoms with Crippen LogP contribution in [0, 0.1) is 0 Å². The van der Waals surface area contributed by atoms with Crippen LogP contribution in [0.4, 0.5) is 0 Å². The molecule has 0 saturated heterocycles. The van der Waals surface area contributed by atoms with Crippen molar-refractivity contribution in [2.75, 3.05) is 6.61 Å². The van der Waals surface area contributed by atoms with E-state index in [1.165, 1.54) is 0 Å². The summed E-state index contributed by atoms with van der Waals surface area (Å²) in [5, 5.41) is 2.86. The van der Waals surface area contributed by atoms with Crippen LogP contribution >= 0.6 is 0 Å². The van der Waals surface area contributed by atoms with Crippen LogP contribution in [0.2, 0.25) is 0 Å². The van der Waals surface area contributed by atoms with Crippen LogP contribution in [-0.4, -0.2) is 29.3 Å². The minimum Gasteiger partial charge on any atom is -0.457 e. The Morgan fingerprint density at radius 3 is 2.21 bits per heavy atom. The molecule has 1 atom stereocenters. The first-order valence-electron chi connectivity index (χ1n) is 8.86. The number of carbonyl (C=O) groups is 3. The van der Waals surface area contributed by atoms with Crippen molar-refractivity contribution in [3.05, 3.63) is 95.8 Å². The Morgan fingerprint density at radius 2 is 1.57 bits per heavy atom. The summed E-state index contributed by atoms with van der Waals surface area (Å²) in [6.45, 7) is -0.354. The van der Waals surface area contributed by atoms with E-state index >= 15 is 0 Å². The highest BCUT2D eigenvalue weighted by molar-refractivity contribution is 5.96. The van der Waals surface area contributed by atoms with Crippen molar-refractivity contribution >= 4 is 17.7 Å². The maximum absolute atomic E-state index is 12.5. The quantitative estimate of drug-likeness (QED) is 0.466. The normalized spacial score (nSPS) is 11.4. The Bertz CT molecular complexity index is 922. The zero-order valence-corrected chi connectivity index (χ0v) is 15.1. The van der Waals surface area contributed by atoms with E-state index in [1.54, 1.807) is 42.6 Å². The molecule has 0 unspecified atom stereocenters. The molecule has 0 radical (unpaired) electrons. The summed E-state index contributed by atoms with van der Waals surface area (Å²) in [6.07, 6.45) is 1.54. The first-order chi connectivity index (χ1) is 13.6. The fraction of sp³-hybridized carbons (Fsp3) is 0.136. The van der Waals surface area contributed by atoms with Crippen LogP contribution in [0.3, 0.4) is 0 Å². The second-order valence-electron chi connectivity index (χ2n) is 6.17. The summed E-state index contributed by atoms with van der Waals surface area (Å²) in [5.41, 5.74) is 1.66. The summed E-state index contributed by atoms with van der Waals surface area (Å²) in [7, 11) is 0. The molecule has 2 N–H and O–H groups in total. The Morgan fingerprint density at radius 1 is 0.893 bits per heavy atom. The van der Waals surface area contributed by atoms with Crippen molar-refractivity contribution in [3.8, 4) is 0 Å². The number of hydrogen-bond donors (Lipinski definition) is 2. The van der Waals surface area contributed by atoms with E-state index in [0.29, 0.717) is 11.3 Å². The van der Waals surface area contributed by atoms with Gasteiger partial charge >= 0.3 is 5.97 Å². The molecule has 6 heteroatoms. The van der Waals surface area contributed by atoms with Gasteiger partial charge in [0, 0.05) is 11.8 Å². The Hall–Kier alpha value is -3.67. The number of aromatic nitrogens is 1. The predicted molar refractivity (Wildman–Crippen MR) is 104 cm³/mol. The van der Waals surface area contributed by atoms with Crippen molar-refractivity contribution in [1.82, 2.24) is 10.3 Å². The number of esters is 1. The van der Waals surface area contributed by atoms with Gasteiger partial charge in [0.1, 0.15) is 0 Å². The van der Waals surface area contributed by atoms with Crippen LogP contribution in [0.1, 0.15) is 38.9 Å². The minimum atomic E-state index is -0.568. The lowest BCUT2D eigenvalue weighted by Gasteiger charge is -2.18. The second kappa shape index (κ2) is 9.32. The number of rotatable bonds is 8. The zero-order valence-electron chi connectivity index (χ0n) is 15.1. The number of Topliss-reactive ketones (excluding diaryl/α,β-unsaturated/α-hetero) is 1. The molecule has 28 heavy (non-hydrogen) atoms. The summed E-state index contributed by atoms with van der Waals surface area (Å²) in [5.74, 6) is -1.17. The van der Waals surface area contributed by atoms with Crippen LogP contribution in [0.15, 0.2) is 79.0 Å². The molecular weight excluding hydrogens is 356 g/mol. The average Bonchev–Trinajstić information content (AvgIpc) is 3.28. The predicted octanol–water partition coefficient (Wildman–Crippen LogP) is 3.30. The van der Waals surface area contributed by atoms with Crippen molar-refractivity contribution in [1.29, 1.82) is 0 Å². The fourth-order valence-corrected chi connectivity index (χ4v) is 2.72. The number of aromatic amines is 1. The molecule has 142 valence electrons. The smallest absolute Gasteiger partial charge is 0.308 e. The highest BCUT2D eigenvalue weighted by Crippen LogP contribution is 2.18. The topological polar surface area (TPSA) is 88.3 Å². The Kier molecular flexibility index (Phi) is 6.36.